The van der Waals surface area contributed by atoms with Crippen molar-refractivity contribution < 1.29 is 0 Å². The van der Waals surface area contributed by atoms with E-state index in [0.717, 1.165) is 16.3 Å². The standard InChI is InChI=1S/C14H18ClN/c1-6-11-8-12(10(3)4)9-13(15)14(11)16(5)7-2/h6-10H,1-2H2,3-5H3. The molecule has 0 unspecified atom stereocenters. The molecular formula is C14H18ClN. The van der Waals surface area contributed by atoms with Gasteiger partial charge in [-0.05, 0) is 35.4 Å². The molecular weight excluding hydrogens is 218 g/mol. The fourth-order valence-electron chi connectivity index (χ4n) is 1.59. The Morgan fingerprint density at radius 3 is 2.38 bits per heavy atom. The number of halogens is 1. The van der Waals surface area contributed by atoms with Crippen LogP contribution in [0.15, 0.2) is 31.5 Å². The first-order chi connectivity index (χ1) is 7.51. The average molecular weight is 236 g/mol. The molecule has 0 amide bonds. The van der Waals surface area contributed by atoms with Crippen LogP contribution in [0, 0.1) is 0 Å². The largest absolute Gasteiger partial charge is 0.350 e. The van der Waals surface area contributed by atoms with Crippen LogP contribution >= 0.6 is 11.6 Å². The number of benzene rings is 1. The van der Waals surface area contributed by atoms with Gasteiger partial charge in [0.1, 0.15) is 0 Å². The number of hydrogen-bond acceptors (Lipinski definition) is 1. The Labute approximate surface area is 103 Å². The molecule has 0 N–H and O–H groups in total. The van der Waals surface area contributed by atoms with Gasteiger partial charge in [-0.25, -0.2) is 0 Å². The van der Waals surface area contributed by atoms with Crippen molar-refractivity contribution in [2.45, 2.75) is 19.8 Å². The van der Waals surface area contributed by atoms with Crippen LogP contribution in [0.25, 0.3) is 6.08 Å². The van der Waals surface area contributed by atoms with E-state index in [1.54, 1.807) is 6.20 Å². The maximum atomic E-state index is 6.29. The SMILES string of the molecule is C=Cc1cc(C(C)C)cc(Cl)c1N(C)C=C. The minimum absolute atomic E-state index is 0.458. The highest BCUT2D eigenvalue weighted by Crippen LogP contribution is 2.33. The molecule has 0 atom stereocenters. The van der Waals surface area contributed by atoms with Crippen molar-refractivity contribution in [3.8, 4) is 0 Å². The highest BCUT2D eigenvalue weighted by Gasteiger charge is 2.11. The highest BCUT2D eigenvalue weighted by atomic mass is 35.5. The van der Waals surface area contributed by atoms with Crippen molar-refractivity contribution in [1.29, 1.82) is 0 Å². The molecule has 2 heteroatoms. The zero-order chi connectivity index (χ0) is 12.3. The number of anilines is 1. The molecule has 0 aromatic heterocycles. The van der Waals surface area contributed by atoms with E-state index in [0.29, 0.717) is 5.92 Å². The van der Waals surface area contributed by atoms with E-state index < -0.39 is 0 Å². The molecule has 0 heterocycles. The maximum Gasteiger partial charge on any atom is 0.0666 e. The number of nitrogens with zero attached hydrogens (tertiary/aromatic N) is 1. The van der Waals surface area contributed by atoms with Gasteiger partial charge in [-0.3, -0.25) is 0 Å². The molecule has 1 nitrogen and oxygen atoms in total. The van der Waals surface area contributed by atoms with Crippen LogP contribution < -0.4 is 4.90 Å². The van der Waals surface area contributed by atoms with Gasteiger partial charge in [0, 0.05) is 7.05 Å². The first kappa shape index (κ1) is 12.9. The van der Waals surface area contributed by atoms with Gasteiger partial charge in [-0.15, -0.1) is 0 Å². The molecule has 0 aliphatic heterocycles. The van der Waals surface area contributed by atoms with Gasteiger partial charge >= 0.3 is 0 Å². The first-order valence-electron chi connectivity index (χ1n) is 5.32. The van der Waals surface area contributed by atoms with Crippen LogP contribution in [0.4, 0.5) is 5.69 Å². The summed E-state index contributed by atoms with van der Waals surface area (Å²) >= 11 is 6.29. The summed E-state index contributed by atoms with van der Waals surface area (Å²) in [7, 11) is 1.93. The van der Waals surface area contributed by atoms with Gasteiger partial charge in [0.2, 0.25) is 0 Å². The van der Waals surface area contributed by atoms with Crippen LogP contribution in [0.3, 0.4) is 0 Å². The van der Waals surface area contributed by atoms with Crippen molar-refractivity contribution in [3.05, 3.63) is 47.6 Å². The van der Waals surface area contributed by atoms with Crippen molar-refractivity contribution >= 4 is 23.4 Å². The van der Waals surface area contributed by atoms with Crippen molar-refractivity contribution in [2.24, 2.45) is 0 Å². The predicted molar refractivity (Wildman–Crippen MR) is 74.2 cm³/mol. The molecule has 0 saturated carbocycles. The van der Waals surface area contributed by atoms with Crippen molar-refractivity contribution in [3.63, 3.8) is 0 Å². The molecule has 0 spiro atoms. The quantitative estimate of drug-likeness (QED) is 0.732. The van der Waals surface area contributed by atoms with Gasteiger partial charge in [-0.2, -0.15) is 0 Å². The lowest BCUT2D eigenvalue weighted by Crippen LogP contribution is -2.10. The van der Waals surface area contributed by atoms with E-state index in [1.165, 1.54) is 5.56 Å². The van der Waals surface area contributed by atoms with Crippen LogP contribution in [-0.4, -0.2) is 7.05 Å². The van der Waals surface area contributed by atoms with Crippen molar-refractivity contribution in [2.75, 3.05) is 11.9 Å². The Hall–Kier alpha value is -1.21. The molecule has 86 valence electrons. The van der Waals surface area contributed by atoms with Gasteiger partial charge in [0.05, 0.1) is 10.7 Å². The Kier molecular flexibility index (Phi) is 4.19. The lowest BCUT2D eigenvalue weighted by atomic mass is 9.99. The second-order valence-electron chi connectivity index (χ2n) is 4.09. The molecule has 0 bridgehead atoms. The lowest BCUT2D eigenvalue weighted by Gasteiger charge is -2.20. The van der Waals surface area contributed by atoms with Gasteiger partial charge in [0.15, 0.2) is 0 Å². The Morgan fingerprint density at radius 1 is 1.31 bits per heavy atom. The van der Waals surface area contributed by atoms with Crippen LogP contribution in [0.2, 0.25) is 5.02 Å². The third-order valence-electron chi connectivity index (χ3n) is 2.63. The first-order valence-corrected chi connectivity index (χ1v) is 5.70. The number of rotatable bonds is 4. The summed E-state index contributed by atoms with van der Waals surface area (Å²) in [4.78, 5) is 1.91. The van der Waals surface area contributed by atoms with Gasteiger partial charge < -0.3 is 4.90 Å². The lowest BCUT2D eigenvalue weighted by molar-refractivity contribution is 0.866. The summed E-state index contributed by atoms with van der Waals surface area (Å²) in [5.74, 6) is 0.458. The predicted octanol–water partition coefficient (Wildman–Crippen LogP) is 4.69. The molecule has 1 aromatic rings. The van der Waals surface area contributed by atoms with E-state index in [1.807, 2.05) is 24.1 Å². The van der Waals surface area contributed by atoms with E-state index in [9.17, 15) is 0 Å². The monoisotopic (exact) mass is 235 g/mol. The molecule has 0 radical (unpaired) electrons. The topological polar surface area (TPSA) is 3.24 Å². The Morgan fingerprint density at radius 2 is 1.94 bits per heavy atom. The van der Waals surface area contributed by atoms with E-state index in [-0.39, 0.29) is 0 Å². The molecule has 16 heavy (non-hydrogen) atoms. The smallest absolute Gasteiger partial charge is 0.0666 e. The second-order valence-corrected chi connectivity index (χ2v) is 4.50. The Bertz CT molecular complexity index is 407. The fourth-order valence-corrected chi connectivity index (χ4v) is 1.96. The molecule has 0 fully saturated rings. The fraction of sp³-hybridized carbons (Fsp3) is 0.286. The summed E-state index contributed by atoms with van der Waals surface area (Å²) in [5.41, 5.74) is 3.22. The molecule has 1 rings (SSSR count). The minimum Gasteiger partial charge on any atom is -0.350 e. The van der Waals surface area contributed by atoms with E-state index >= 15 is 0 Å². The van der Waals surface area contributed by atoms with E-state index in [4.69, 9.17) is 11.6 Å². The summed E-state index contributed by atoms with van der Waals surface area (Å²) < 4.78 is 0. The summed E-state index contributed by atoms with van der Waals surface area (Å²) in [6, 6.07) is 4.13. The van der Waals surface area contributed by atoms with Crippen LogP contribution in [-0.2, 0) is 0 Å². The normalized spacial score (nSPS) is 10.3. The van der Waals surface area contributed by atoms with E-state index in [2.05, 4.69) is 33.1 Å². The third kappa shape index (κ3) is 2.48. The molecule has 0 saturated heterocycles. The van der Waals surface area contributed by atoms with Crippen molar-refractivity contribution in [1.82, 2.24) is 0 Å². The molecule has 0 aliphatic carbocycles. The van der Waals surface area contributed by atoms with Crippen LogP contribution in [0.1, 0.15) is 30.9 Å². The summed E-state index contributed by atoms with van der Waals surface area (Å²) in [6.07, 6.45) is 3.57. The zero-order valence-electron chi connectivity index (χ0n) is 10.1. The average Bonchev–Trinajstić information content (AvgIpc) is 2.26. The summed E-state index contributed by atoms with van der Waals surface area (Å²) in [5, 5.41) is 0.739. The third-order valence-corrected chi connectivity index (χ3v) is 2.92. The molecule has 0 aliphatic rings. The maximum absolute atomic E-state index is 6.29. The van der Waals surface area contributed by atoms with Crippen LogP contribution in [0.5, 0.6) is 0 Å². The second kappa shape index (κ2) is 5.22. The highest BCUT2D eigenvalue weighted by molar-refractivity contribution is 6.33. The molecule has 1 aromatic carbocycles. The minimum atomic E-state index is 0.458. The Balaban J connectivity index is 3.39. The van der Waals surface area contributed by atoms with Gasteiger partial charge in [0.25, 0.3) is 0 Å². The number of hydrogen-bond donors (Lipinski definition) is 0. The zero-order valence-corrected chi connectivity index (χ0v) is 10.9. The van der Waals surface area contributed by atoms with Gasteiger partial charge in [-0.1, -0.05) is 44.7 Å². The summed E-state index contributed by atoms with van der Waals surface area (Å²) in [6.45, 7) is 11.9.